The molecule has 5 heteroatoms. The van der Waals surface area contributed by atoms with Gasteiger partial charge in [0, 0.05) is 6.42 Å². The van der Waals surface area contributed by atoms with Gasteiger partial charge >= 0.3 is 0 Å². The average molecular weight is 297 g/mol. The summed E-state index contributed by atoms with van der Waals surface area (Å²) in [6, 6.07) is 6.89. The second-order valence-corrected chi connectivity index (χ2v) is 6.19. The van der Waals surface area contributed by atoms with E-state index in [4.69, 9.17) is 5.73 Å². The Morgan fingerprint density at radius 1 is 1.27 bits per heavy atom. The highest BCUT2D eigenvalue weighted by Crippen LogP contribution is 2.38. The number of nitrogens with one attached hydrogen (secondary N) is 1. The number of nitrogen functional groups attached to an aromatic ring is 1. The van der Waals surface area contributed by atoms with Gasteiger partial charge < -0.3 is 11.1 Å². The molecule has 0 saturated heterocycles. The largest absolute Gasteiger partial charge is 0.368 e. The molecule has 1 aromatic carbocycles. The molecule has 0 amide bonds. The van der Waals surface area contributed by atoms with Crippen molar-refractivity contribution in [1.82, 2.24) is 15.0 Å². The molecule has 0 fully saturated rings. The van der Waals surface area contributed by atoms with Gasteiger partial charge in [-0.3, -0.25) is 0 Å². The first-order chi connectivity index (χ1) is 10.6. The van der Waals surface area contributed by atoms with Crippen LogP contribution in [0.15, 0.2) is 18.2 Å². The van der Waals surface area contributed by atoms with E-state index >= 15 is 0 Å². The molecule has 0 radical (unpaired) electrons. The van der Waals surface area contributed by atoms with E-state index in [1.54, 1.807) is 0 Å². The van der Waals surface area contributed by atoms with Gasteiger partial charge in [0.2, 0.25) is 11.9 Å². The Balaban J connectivity index is 1.89. The number of aryl methyl sites for hydroxylation is 2. The summed E-state index contributed by atoms with van der Waals surface area (Å²) < 4.78 is 0. The first-order valence-corrected chi connectivity index (χ1v) is 7.93. The van der Waals surface area contributed by atoms with Crippen molar-refractivity contribution in [3.63, 3.8) is 0 Å². The number of aromatic nitrogens is 3. The second-order valence-electron chi connectivity index (χ2n) is 6.19. The molecule has 0 spiro atoms. The van der Waals surface area contributed by atoms with E-state index in [0.29, 0.717) is 11.9 Å². The van der Waals surface area contributed by atoms with E-state index in [2.05, 4.69) is 59.2 Å². The highest BCUT2D eigenvalue weighted by Gasteiger charge is 2.30. The summed E-state index contributed by atoms with van der Waals surface area (Å²) in [5.41, 5.74) is 9.85. The van der Waals surface area contributed by atoms with E-state index in [9.17, 15) is 0 Å². The van der Waals surface area contributed by atoms with Crippen LogP contribution in [0.25, 0.3) is 0 Å². The van der Waals surface area contributed by atoms with Gasteiger partial charge in [0.05, 0.1) is 6.04 Å². The Morgan fingerprint density at radius 2 is 2.09 bits per heavy atom. The predicted octanol–water partition coefficient (Wildman–Crippen LogP) is 3.06. The molecule has 2 atom stereocenters. The van der Waals surface area contributed by atoms with Crippen LogP contribution < -0.4 is 11.1 Å². The van der Waals surface area contributed by atoms with Crippen molar-refractivity contribution in [3.8, 4) is 0 Å². The lowest BCUT2D eigenvalue weighted by molar-refractivity contribution is 0.538. The minimum absolute atomic E-state index is 0.228. The Morgan fingerprint density at radius 3 is 2.86 bits per heavy atom. The highest BCUT2D eigenvalue weighted by atomic mass is 15.2. The summed E-state index contributed by atoms with van der Waals surface area (Å²) in [5, 5.41) is 3.47. The number of rotatable bonds is 4. The fraction of sp³-hybridized carbons (Fsp3) is 0.471. The molecular weight excluding hydrogens is 274 g/mol. The smallest absolute Gasteiger partial charge is 0.228 e. The molecule has 3 N–H and O–H groups in total. The molecule has 1 aromatic heterocycles. The second kappa shape index (κ2) is 5.91. The number of hydrogen-bond donors (Lipinski definition) is 2. The fourth-order valence-corrected chi connectivity index (χ4v) is 3.16. The summed E-state index contributed by atoms with van der Waals surface area (Å²) in [6.07, 6.45) is 2.89. The molecule has 0 aliphatic heterocycles. The minimum Gasteiger partial charge on any atom is -0.368 e. The maximum atomic E-state index is 5.82. The van der Waals surface area contributed by atoms with Crippen LogP contribution >= 0.6 is 0 Å². The zero-order valence-electron chi connectivity index (χ0n) is 13.4. The minimum atomic E-state index is 0.228. The zero-order chi connectivity index (χ0) is 15.7. The van der Waals surface area contributed by atoms with Crippen molar-refractivity contribution in [1.29, 1.82) is 0 Å². The summed E-state index contributed by atoms with van der Waals surface area (Å²) in [6.45, 7) is 6.48. The van der Waals surface area contributed by atoms with E-state index in [1.165, 1.54) is 16.7 Å². The van der Waals surface area contributed by atoms with Crippen LogP contribution in [0.4, 0.5) is 11.9 Å². The van der Waals surface area contributed by atoms with Gasteiger partial charge in [-0.15, -0.1) is 0 Å². The van der Waals surface area contributed by atoms with Crippen molar-refractivity contribution in [2.45, 2.75) is 46.1 Å². The Hall–Kier alpha value is -2.17. The van der Waals surface area contributed by atoms with Crippen molar-refractivity contribution in [2.75, 3.05) is 11.1 Å². The van der Waals surface area contributed by atoms with Crippen LogP contribution in [0, 0.1) is 12.8 Å². The number of hydrogen-bond acceptors (Lipinski definition) is 5. The summed E-state index contributed by atoms with van der Waals surface area (Å²) in [5.74, 6) is 2.13. The van der Waals surface area contributed by atoms with E-state index in [0.717, 1.165) is 25.1 Å². The van der Waals surface area contributed by atoms with Crippen molar-refractivity contribution in [3.05, 3.63) is 40.7 Å². The first kappa shape index (κ1) is 14.8. The number of fused-ring (bicyclic) bond motifs is 1. The molecule has 1 aliphatic rings. The SMILES string of the molecule is CCCc1nc(N)nc(N[C@H]2c3cc(C)ccc3C[C@@H]2C)n1. The van der Waals surface area contributed by atoms with Gasteiger partial charge in [-0.1, -0.05) is 37.6 Å². The third-order valence-electron chi connectivity index (χ3n) is 4.20. The summed E-state index contributed by atoms with van der Waals surface area (Å²) in [4.78, 5) is 12.9. The third-order valence-corrected chi connectivity index (χ3v) is 4.20. The molecule has 1 aliphatic carbocycles. The molecule has 2 aromatic rings. The molecule has 5 nitrogen and oxygen atoms in total. The molecule has 3 rings (SSSR count). The van der Waals surface area contributed by atoms with Crippen LogP contribution in [0.3, 0.4) is 0 Å². The van der Waals surface area contributed by atoms with E-state index in [-0.39, 0.29) is 12.0 Å². The monoisotopic (exact) mass is 297 g/mol. The van der Waals surface area contributed by atoms with E-state index < -0.39 is 0 Å². The Labute approximate surface area is 131 Å². The summed E-state index contributed by atoms with van der Waals surface area (Å²) in [7, 11) is 0. The fourth-order valence-electron chi connectivity index (χ4n) is 3.16. The molecule has 0 unspecified atom stereocenters. The average Bonchev–Trinajstić information content (AvgIpc) is 2.75. The Kier molecular flexibility index (Phi) is 3.96. The normalized spacial score (nSPS) is 20.0. The molecule has 116 valence electrons. The lowest BCUT2D eigenvalue weighted by atomic mass is 10.0. The van der Waals surface area contributed by atoms with Gasteiger partial charge in [0.25, 0.3) is 0 Å². The lowest BCUT2D eigenvalue weighted by Gasteiger charge is -2.19. The van der Waals surface area contributed by atoms with Gasteiger partial charge in [-0.05, 0) is 36.8 Å². The molecule has 22 heavy (non-hydrogen) atoms. The van der Waals surface area contributed by atoms with Gasteiger partial charge in [0.1, 0.15) is 5.82 Å². The van der Waals surface area contributed by atoms with E-state index in [1.807, 2.05) is 0 Å². The number of nitrogens with two attached hydrogens (primary N) is 1. The van der Waals surface area contributed by atoms with Crippen LogP contribution in [-0.4, -0.2) is 15.0 Å². The molecule has 1 heterocycles. The summed E-state index contributed by atoms with van der Waals surface area (Å²) >= 11 is 0. The number of anilines is 2. The maximum absolute atomic E-state index is 5.82. The standard InChI is InChI=1S/C17H23N5/c1-4-5-14-19-16(18)22-17(20-14)21-15-11(3)9-12-7-6-10(2)8-13(12)15/h6-8,11,15H,4-5,9H2,1-3H3,(H3,18,19,20,21,22)/t11-,15+/m0/s1. The maximum Gasteiger partial charge on any atom is 0.228 e. The van der Waals surface area contributed by atoms with Crippen molar-refractivity contribution < 1.29 is 0 Å². The molecule has 0 saturated carbocycles. The lowest BCUT2D eigenvalue weighted by Crippen LogP contribution is -2.18. The van der Waals surface area contributed by atoms with Crippen LogP contribution in [0.1, 0.15) is 48.8 Å². The van der Waals surface area contributed by atoms with Crippen molar-refractivity contribution in [2.24, 2.45) is 5.92 Å². The topological polar surface area (TPSA) is 76.7 Å². The predicted molar refractivity (Wildman–Crippen MR) is 88.6 cm³/mol. The third kappa shape index (κ3) is 2.89. The van der Waals surface area contributed by atoms with Crippen LogP contribution in [0.5, 0.6) is 0 Å². The quantitative estimate of drug-likeness (QED) is 0.907. The molecule has 0 bridgehead atoms. The first-order valence-electron chi connectivity index (χ1n) is 7.93. The van der Waals surface area contributed by atoms with Crippen LogP contribution in [0.2, 0.25) is 0 Å². The number of nitrogens with zero attached hydrogens (tertiary/aromatic N) is 3. The van der Waals surface area contributed by atoms with Gasteiger partial charge in [-0.2, -0.15) is 15.0 Å². The van der Waals surface area contributed by atoms with Crippen LogP contribution in [-0.2, 0) is 12.8 Å². The van der Waals surface area contributed by atoms with Gasteiger partial charge in [-0.25, -0.2) is 0 Å². The van der Waals surface area contributed by atoms with Crippen molar-refractivity contribution >= 4 is 11.9 Å². The molecular formula is C17H23N5. The Bertz CT molecular complexity index is 683. The van der Waals surface area contributed by atoms with Gasteiger partial charge in [0.15, 0.2) is 0 Å². The highest BCUT2D eigenvalue weighted by molar-refractivity contribution is 5.44. The zero-order valence-corrected chi connectivity index (χ0v) is 13.4. The number of benzene rings is 1.